The van der Waals surface area contributed by atoms with E-state index in [0.717, 1.165) is 17.8 Å². The third-order valence-electron chi connectivity index (χ3n) is 3.04. The molecule has 0 fully saturated rings. The summed E-state index contributed by atoms with van der Waals surface area (Å²) in [6.07, 6.45) is 2.96. The second kappa shape index (κ2) is 6.14. The molecule has 0 radical (unpaired) electrons. The van der Waals surface area contributed by atoms with Crippen molar-refractivity contribution in [2.45, 2.75) is 26.7 Å². The number of rotatable bonds is 4. The number of nitrogens with zero attached hydrogens (tertiary/aromatic N) is 1. The standard InChI is InChI=1S/C16H18N2O/c1-12-5-7-14(8-6-12)9-10-16(19)18-15-4-3-11-17-13(15)2/h3-8,11H,9-10H2,1-2H3,(H,18,19). The Morgan fingerprint density at radius 3 is 2.58 bits per heavy atom. The van der Waals surface area contributed by atoms with Crippen LogP contribution in [-0.4, -0.2) is 10.9 Å². The molecule has 19 heavy (non-hydrogen) atoms. The third kappa shape index (κ3) is 3.91. The van der Waals surface area contributed by atoms with Gasteiger partial charge in [-0.25, -0.2) is 0 Å². The van der Waals surface area contributed by atoms with Crippen molar-refractivity contribution in [3.05, 3.63) is 59.4 Å². The topological polar surface area (TPSA) is 42.0 Å². The average molecular weight is 254 g/mol. The van der Waals surface area contributed by atoms with Gasteiger partial charge in [0.15, 0.2) is 0 Å². The van der Waals surface area contributed by atoms with E-state index in [1.165, 1.54) is 11.1 Å². The molecule has 2 rings (SSSR count). The molecular weight excluding hydrogens is 236 g/mol. The van der Waals surface area contributed by atoms with E-state index in [1.807, 2.05) is 19.1 Å². The summed E-state index contributed by atoms with van der Waals surface area (Å²) in [5.41, 5.74) is 4.05. The number of benzene rings is 1. The fraction of sp³-hybridized carbons (Fsp3) is 0.250. The zero-order chi connectivity index (χ0) is 13.7. The summed E-state index contributed by atoms with van der Waals surface area (Å²) in [6, 6.07) is 12.0. The molecule has 0 spiro atoms. The molecule has 1 aromatic carbocycles. The quantitative estimate of drug-likeness (QED) is 0.909. The highest BCUT2D eigenvalue weighted by Gasteiger charge is 2.05. The maximum absolute atomic E-state index is 11.9. The Balaban J connectivity index is 1.88. The Labute approximate surface area is 113 Å². The highest BCUT2D eigenvalue weighted by molar-refractivity contribution is 5.91. The molecule has 0 aliphatic rings. The molecule has 0 atom stereocenters. The highest BCUT2D eigenvalue weighted by atomic mass is 16.1. The molecule has 0 bridgehead atoms. The zero-order valence-corrected chi connectivity index (χ0v) is 11.3. The number of aryl methyl sites for hydroxylation is 3. The maximum atomic E-state index is 11.9. The van der Waals surface area contributed by atoms with Crippen LogP contribution >= 0.6 is 0 Å². The number of aromatic nitrogens is 1. The van der Waals surface area contributed by atoms with Crippen molar-refractivity contribution in [1.29, 1.82) is 0 Å². The van der Waals surface area contributed by atoms with E-state index in [9.17, 15) is 4.79 Å². The molecule has 0 saturated carbocycles. The molecule has 1 amide bonds. The predicted octanol–water partition coefficient (Wildman–Crippen LogP) is 3.27. The van der Waals surface area contributed by atoms with Crippen molar-refractivity contribution in [3.8, 4) is 0 Å². The lowest BCUT2D eigenvalue weighted by atomic mass is 10.1. The van der Waals surface area contributed by atoms with E-state index >= 15 is 0 Å². The van der Waals surface area contributed by atoms with Gasteiger partial charge in [-0.3, -0.25) is 9.78 Å². The zero-order valence-electron chi connectivity index (χ0n) is 11.3. The minimum Gasteiger partial charge on any atom is -0.324 e. The van der Waals surface area contributed by atoms with Gasteiger partial charge in [-0.1, -0.05) is 29.8 Å². The van der Waals surface area contributed by atoms with Gasteiger partial charge in [0.05, 0.1) is 11.4 Å². The molecule has 1 heterocycles. The molecule has 1 aromatic heterocycles. The summed E-state index contributed by atoms with van der Waals surface area (Å²) in [4.78, 5) is 16.0. The first-order chi connectivity index (χ1) is 9.15. The molecule has 2 aromatic rings. The van der Waals surface area contributed by atoms with E-state index < -0.39 is 0 Å². The van der Waals surface area contributed by atoms with Gasteiger partial charge >= 0.3 is 0 Å². The van der Waals surface area contributed by atoms with Crippen LogP contribution in [0.15, 0.2) is 42.6 Å². The van der Waals surface area contributed by atoms with Crippen molar-refractivity contribution in [3.63, 3.8) is 0 Å². The van der Waals surface area contributed by atoms with Crippen LogP contribution in [0, 0.1) is 13.8 Å². The molecule has 3 heteroatoms. The normalized spacial score (nSPS) is 10.2. The van der Waals surface area contributed by atoms with Crippen molar-refractivity contribution in [2.24, 2.45) is 0 Å². The fourth-order valence-electron chi connectivity index (χ4n) is 1.84. The Morgan fingerprint density at radius 2 is 1.89 bits per heavy atom. The molecule has 0 saturated heterocycles. The van der Waals surface area contributed by atoms with E-state index in [1.54, 1.807) is 6.20 Å². The second-order valence-electron chi connectivity index (χ2n) is 4.67. The molecule has 98 valence electrons. The van der Waals surface area contributed by atoms with Crippen LogP contribution in [0.4, 0.5) is 5.69 Å². The first-order valence-corrected chi connectivity index (χ1v) is 6.42. The van der Waals surface area contributed by atoms with Crippen molar-refractivity contribution < 1.29 is 4.79 Å². The van der Waals surface area contributed by atoms with Crippen LogP contribution in [0.5, 0.6) is 0 Å². The van der Waals surface area contributed by atoms with Crippen LogP contribution in [0.3, 0.4) is 0 Å². The smallest absolute Gasteiger partial charge is 0.224 e. The van der Waals surface area contributed by atoms with Crippen LogP contribution in [0.2, 0.25) is 0 Å². The summed E-state index contributed by atoms with van der Waals surface area (Å²) in [5.74, 6) is 0.0247. The number of hydrogen-bond donors (Lipinski definition) is 1. The SMILES string of the molecule is Cc1ccc(CCC(=O)Nc2cccnc2C)cc1. The van der Waals surface area contributed by atoms with E-state index in [2.05, 4.69) is 41.5 Å². The highest BCUT2D eigenvalue weighted by Crippen LogP contribution is 2.12. The number of carbonyl (C=O) groups excluding carboxylic acids is 1. The predicted molar refractivity (Wildman–Crippen MR) is 77.1 cm³/mol. The lowest BCUT2D eigenvalue weighted by molar-refractivity contribution is -0.116. The Morgan fingerprint density at radius 1 is 1.16 bits per heavy atom. The van der Waals surface area contributed by atoms with E-state index in [0.29, 0.717) is 6.42 Å². The van der Waals surface area contributed by atoms with Gasteiger partial charge in [-0.05, 0) is 38.0 Å². The lowest BCUT2D eigenvalue weighted by Crippen LogP contribution is -2.13. The van der Waals surface area contributed by atoms with Crippen LogP contribution in [0.1, 0.15) is 23.2 Å². The monoisotopic (exact) mass is 254 g/mol. The summed E-state index contributed by atoms with van der Waals surface area (Å²) >= 11 is 0. The minimum atomic E-state index is 0.0247. The second-order valence-corrected chi connectivity index (χ2v) is 4.67. The lowest BCUT2D eigenvalue weighted by Gasteiger charge is -2.07. The third-order valence-corrected chi connectivity index (χ3v) is 3.04. The molecule has 0 aliphatic carbocycles. The first kappa shape index (κ1) is 13.3. The Bertz CT molecular complexity index is 561. The van der Waals surface area contributed by atoms with Gasteiger partial charge in [-0.15, -0.1) is 0 Å². The van der Waals surface area contributed by atoms with Crippen molar-refractivity contribution >= 4 is 11.6 Å². The molecule has 3 nitrogen and oxygen atoms in total. The molecule has 0 unspecified atom stereocenters. The average Bonchev–Trinajstić information content (AvgIpc) is 2.41. The molecule has 0 aliphatic heterocycles. The van der Waals surface area contributed by atoms with Crippen LogP contribution in [-0.2, 0) is 11.2 Å². The number of pyridine rings is 1. The van der Waals surface area contributed by atoms with Crippen LogP contribution in [0.25, 0.3) is 0 Å². The Kier molecular flexibility index (Phi) is 4.29. The summed E-state index contributed by atoms with van der Waals surface area (Å²) < 4.78 is 0. The maximum Gasteiger partial charge on any atom is 0.224 e. The minimum absolute atomic E-state index is 0.0247. The fourth-order valence-corrected chi connectivity index (χ4v) is 1.84. The number of carbonyl (C=O) groups is 1. The van der Waals surface area contributed by atoms with Crippen molar-refractivity contribution in [2.75, 3.05) is 5.32 Å². The summed E-state index contributed by atoms with van der Waals surface area (Å²) in [6.45, 7) is 3.94. The van der Waals surface area contributed by atoms with Gasteiger partial charge in [0.25, 0.3) is 0 Å². The Hall–Kier alpha value is -2.16. The molecule has 1 N–H and O–H groups in total. The summed E-state index contributed by atoms with van der Waals surface area (Å²) in [7, 11) is 0. The van der Waals surface area contributed by atoms with Gasteiger partial charge in [0.1, 0.15) is 0 Å². The number of amides is 1. The largest absolute Gasteiger partial charge is 0.324 e. The van der Waals surface area contributed by atoms with Gasteiger partial charge in [-0.2, -0.15) is 0 Å². The van der Waals surface area contributed by atoms with Gasteiger partial charge < -0.3 is 5.32 Å². The van der Waals surface area contributed by atoms with Crippen molar-refractivity contribution in [1.82, 2.24) is 4.98 Å². The molecular formula is C16H18N2O. The number of hydrogen-bond acceptors (Lipinski definition) is 2. The first-order valence-electron chi connectivity index (χ1n) is 6.42. The van der Waals surface area contributed by atoms with Crippen LogP contribution < -0.4 is 5.32 Å². The number of nitrogens with one attached hydrogen (secondary N) is 1. The summed E-state index contributed by atoms with van der Waals surface area (Å²) in [5, 5.41) is 2.89. The van der Waals surface area contributed by atoms with E-state index in [-0.39, 0.29) is 5.91 Å². The van der Waals surface area contributed by atoms with Gasteiger partial charge in [0, 0.05) is 12.6 Å². The van der Waals surface area contributed by atoms with Gasteiger partial charge in [0.2, 0.25) is 5.91 Å². The van der Waals surface area contributed by atoms with E-state index in [4.69, 9.17) is 0 Å². The number of anilines is 1.